The van der Waals surface area contributed by atoms with Crippen LogP contribution in [0.3, 0.4) is 0 Å². The highest BCUT2D eigenvalue weighted by Gasteiger charge is 2.14. The Labute approximate surface area is 179 Å². The molecule has 2 N–H and O–H groups in total. The number of aliphatic imine (C=N–C) groups is 1. The van der Waals surface area contributed by atoms with Crippen LogP contribution in [-0.4, -0.2) is 37.8 Å². The van der Waals surface area contributed by atoms with E-state index < -0.39 is 0 Å². The number of nitrogens with zero attached hydrogens (tertiary/aromatic N) is 3. The van der Waals surface area contributed by atoms with Crippen LogP contribution in [0.2, 0.25) is 0 Å². The van der Waals surface area contributed by atoms with E-state index in [2.05, 4.69) is 77.8 Å². The highest BCUT2D eigenvalue weighted by molar-refractivity contribution is 14.0. The van der Waals surface area contributed by atoms with Crippen LogP contribution in [0.4, 0.5) is 5.69 Å². The van der Waals surface area contributed by atoms with Crippen LogP contribution in [0.5, 0.6) is 0 Å². The highest BCUT2D eigenvalue weighted by atomic mass is 127. The van der Waals surface area contributed by atoms with Gasteiger partial charge in [-0.15, -0.1) is 24.0 Å². The Morgan fingerprint density at radius 3 is 2.48 bits per heavy atom. The fourth-order valence-corrected chi connectivity index (χ4v) is 2.83. The molecule has 2 rings (SSSR count). The van der Waals surface area contributed by atoms with Gasteiger partial charge in [0, 0.05) is 50.9 Å². The van der Waals surface area contributed by atoms with E-state index >= 15 is 0 Å². The summed E-state index contributed by atoms with van der Waals surface area (Å²) >= 11 is 0. The summed E-state index contributed by atoms with van der Waals surface area (Å²) in [6.07, 6.45) is 1.71. The number of halogens is 1. The van der Waals surface area contributed by atoms with E-state index in [0.29, 0.717) is 12.6 Å². The van der Waals surface area contributed by atoms with Crippen molar-refractivity contribution in [2.45, 2.75) is 46.2 Å². The van der Waals surface area contributed by atoms with E-state index in [9.17, 15) is 0 Å². The zero-order valence-corrected chi connectivity index (χ0v) is 19.3. The third-order valence-corrected chi connectivity index (χ3v) is 4.65. The van der Waals surface area contributed by atoms with E-state index in [-0.39, 0.29) is 24.0 Å². The number of hydrogen-bond donors (Lipinski definition) is 2. The quantitative estimate of drug-likeness (QED) is 0.340. The van der Waals surface area contributed by atoms with Gasteiger partial charge in [0.15, 0.2) is 5.96 Å². The van der Waals surface area contributed by atoms with Crippen LogP contribution in [0.1, 0.15) is 37.8 Å². The van der Waals surface area contributed by atoms with Crippen molar-refractivity contribution >= 4 is 35.6 Å². The summed E-state index contributed by atoms with van der Waals surface area (Å²) in [5.41, 5.74) is 3.36. The Bertz CT molecular complexity index is 680. The maximum absolute atomic E-state index is 5.42. The Balaban J connectivity index is 0.00000364. The Morgan fingerprint density at radius 2 is 1.89 bits per heavy atom. The summed E-state index contributed by atoms with van der Waals surface area (Å²) in [7, 11) is 3.89. The molecule has 1 aromatic carbocycles. The van der Waals surface area contributed by atoms with Crippen molar-refractivity contribution in [1.82, 2.24) is 15.8 Å². The molecule has 0 radical (unpaired) electrons. The van der Waals surface area contributed by atoms with Crippen molar-refractivity contribution in [2.75, 3.05) is 25.5 Å². The summed E-state index contributed by atoms with van der Waals surface area (Å²) < 4.78 is 5.42. The van der Waals surface area contributed by atoms with Gasteiger partial charge in [-0.1, -0.05) is 37.2 Å². The van der Waals surface area contributed by atoms with Gasteiger partial charge in [-0.25, -0.2) is 0 Å². The molecule has 2 aromatic rings. The SMILES string of the molecule is CCc1noc(CC)c1CNC(=NC)NCC(C)N(C)c1ccccc1.I. The molecule has 1 atom stereocenters. The monoisotopic (exact) mass is 485 g/mol. The lowest BCUT2D eigenvalue weighted by Gasteiger charge is -2.27. The van der Waals surface area contributed by atoms with Crippen molar-refractivity contribution in [1.29, 1.82) is 0 Å². The number of nitrogens with one attached hydrogen (secondary N) is 2. The molecule has 6 nitrogen and oxygen atoms in total. The molecule has 0 aliphatic carbocycles. The van der Waals surface area contributed by atoms with Gasteiger partial charge in [-0.2, -0.15) is 0 Å². The van der Waals surface area contributed by atoms with Crippen LogP contribution in [0.15, 0.2) is 39.8 Å². The Kier molecular flexibility index (Phi) is 10.2. The highest BCUT2D eigenvalue weighted by Crippen LogP contribution is 2.15. The lowest BCUT2D eigenvalue weighted by Crippen LogP contribution is -2.44. The smallest absolute Gasteiger partial charge is 0.191 e. The third kappa shape index (κ3) is 6.41. The van der Waals surface area contributed by atoms with E-state index in [1.807, 2.05) is 6.07 Å². The first-order valence-electron chi connectivity index (χ1n) is 9.29. The molecule has 1 aromatic heterocycles. The van der Waals surface area contributed by atoms with Crippen LogP contribution < -0.4 is 15.5 Å². The van der Waals surface area contributed by atoms with Crippen LogP contribution >= 0.6 is 24.0 Å². The van der Waals surface area contributed by atoms with Crippen molar-refractivity contribution in [3.63, 3.8) is 0 Å². The Hall–Kier alpha value is -1.77. The molecule has 0 aliphatic rings. The van der Waals surface area contributed by atoms with Crippen molar-refractivity contribution < 1.29 is 4.52 Å². The van der Waals surface area contributed by atoms with Crippen molar-refractivity contribution in [3.8, 4) is 0 Å². The van der Waals surface area contributed by atoms with Gasteiger partial charge >= 0.3 is 0 Å². The lowest BCUT2D eigenvalue weighted by atomic mass is 10.1. The number of hydrogen-bond acceptors (Lipinski definition) is 4. The maximum Gasteiger partial charge on any atom is 0.191 e. The molecule has 0 spiro atoms. The second-order valence-electron chi connectivity index (χ2n) is 6.34. The molecule has 7 heteroatoms. The fraction of sp³-hybridized carbons (Fsp3) is 0.500. The first-order valence-corrected chi connectivity index (χ1v) is 9.29. The number of para-hydroxylation sites is 1. The number of aryl methyl sites for hydroxylation is 2. The molecule has 1 heterocycles. The van der Waals surface area contributed by atoms with Crippen LogP contribution in [-0.2, 0) is 19.4 Å². The molecule has 0 saturated carbocycles. The largest absolute Gasteiger partial charge is 0.370 e. The van der Waals surface area contributed by atoms with Crippen molar-refractivity contribution in [2.24, 2.45) is 4.99 Å². The van der Waals surface area contributed by atoms with Crippen LogP contribution in [0.25, 0.3) is 0 Å². The molecule has 0 saturated heterocycles. The summed E-state index contributed by atoms with van der Waals surface area (Å²) in [6, 6.07) is 10.7. The molecule has 27 heavy (non-hydrogen) atoms. The van der Waals surface area contributed by atoms with Gasteiger partial charge in [0.1, 0.15) is 5.76 Å². The predicted molar refractivity (Wildman–Crippen MR) is 123 cm³/mol. The minimum Gasteiger partial charge on any atom is -0.370 e. The minimum atomic E-state index is 0. The van der Waals surface area contributed by atoms with E-state index in [4.69, 9.17) is 4.52 Å². The lowest BCUT2D eigenvalue weighted by molar-refractivity contribution is 0.380. The number of rotatable bonds is 8. The minimum absolute atomic E-state index is 0. The molecule has 0 amide bonds. The zero-order valence-electron chi connectivity index (χ0n) is 17.0. The summed E-state index contributed by atoms with van der Waals surface area (Å²) in [4.78, 5) is 6.58. The van der Waals surface area contributed by atoms with Gasteiger partial charge < -0.3 is 20.1 Å². The maximum atomic E-state index is 5.42. The van der Waals surface area contributed by atoms with E-state index in [1.165, 1.54) is 5.69 Å². The zero-order chi connectivity index (χ0) is 18.9. The third-order valence-electron chi connectivity index (χ3n) is 4.65. The Morgan fingerprint density at radius 1 is 1.19 bits per heavy atom. The van der Waals surface area contributed by atoms with Gasteiger partial charge in [0.25, 0.3) is 0 Å². The topological polar surface area (TPSA) is 65.7 Å². The van der Waals surface area contributed by atoms with Gasteiger partial charge in [-0.05, 0) is 25.5 Å². The molecular weight excluding hydrogens is 453 g/mol. The van der Waals surface area contributed by atoms with Gasteiger partial charge in [0.05, 0.1) is 5.69 Å². The second kappa shape index (κ2) is 11.8. The molecule has 150 valence electrons. The predicted octanol–water partition coefficient (Wildman–Crippen LogP) is 3.61. The molecule has 0 aliphatic heterocycles. The number of likely N-dealkylation sites (N-methyl/N-ethyl adjacent to an activating group) is 1. The summed E-state index contributed by atoms with van der Waals surface area (Å²) in [5, 5.41) is 10.9. The summed E-state index contributed by atoms with van der Waals surface area (Å²) in [6.45, 7) is 7.82. The summed E-state index contributed by atoms with van der Waals surface area (Å²) in [5.74, 6) is 1.73. The van der Waals surface area contributed by atoms with Crippen molar-refractivity contribution in [3.05, 3.63) is 47.3 Å². The van der Waals surface area contributed by atoms with E-state index in [1.54, 1.807) is 7.05 Å². The molecular formula is C20H32IN5O. The van der Waals surface area contributed by atoms with Gasteiger partial charge in [-0.3, -0.25) is 4.99 Å². The van der Waals surface area contributed by atoms with E-state index in [0.717, 1.165) is 42.4 Å². The first kappa shape index (κ1) is 23.3. The average Bonchev–Trinajstić information content (AvgIpc) is 3.09. The van der Waals surface area contributed by atoms with Gasteiger partial charge in [0.2, 0.25) is 0 Å². The second-order valence-corrected chi connectivity index (χ2v) is 6.34. The fourth-order valence-electron chi connectivity index (χ4n) is 2.83. The standard InChI is InChI=1S/C20H31N5O.HI/c1-6-18-17(19(7-2)26-24-18)14-23-20(21-4)22-13-15(3)25(5)16-11-9-8-10-12-16;/h8-12,15H,6-7,13-14H2,1-5H3,(H2,21,22,23);1H. The molecule has 0 bridgehead atoms. The molecule has 1 unspecified atom stereocenters. The number of anilines is 1. The van der Waals surface area contributed by atoms with Crippen LogP contribution in [0, 0.1) is 0 Å². The normalized spacial score (nSPS) is 12.3. The number of aromatic nitrogens is 1. The number of benzene rings is 1. The average molecular weight is 485 g/mol. The molecule has 0 fully saturated rings. The first-order chi connectivity index (χ1) is 12.6. The number of guanidine groups is 1.